The predicted octanol–water partition coefficient (Wildman–Crippen LogP) is 4.65. The number of carboxylic acid groups (broad SMARTS) is 1. The maximum absolute atomic E-state index is 12.1. The van der Waals surface area contributed by atoms with Crippen LogP contribution in [-0.4, -0.2) is 27.8 Å². The van der Waals surface area contributed by atoms with E-state index in [9.17, 15) is 14.7 Å². The van der Waals surface area contributed by atoms with Crippen LogP contribution >= 0.6 is 22.7 Å². The van der Waals surface area contributed by atoms with E-state index in [1.807, 2.05) is 32.0 Å². The molecule has 3 rings (SSSR count). The summed E-state index contributed by atoms with van der Waals surface area (Å²) in [7, 11) is 0. The van der Waals surface area contributed by atoms with Crippen LogP contribution in [0.25, 0.3) is 10.4 Å². The molecule has 0 atom stereocenters. The first kappa shape index (κ1) is 19.8. The van der Waals surface area contributed by atoms with Crippen molar-refractivity contribution < 1.29 is 19.8 Å². The molecule has 0 saturated carbocycles. The van der Waals surface area contributed by atoms with Gasteiger partial charge in [-0.05, 0) is 49.6 Å². The Balaban J connectivity index is 1.79. The zero-order chi connectivity index (χ0) is 20.4. The van der Waals surface area contributed by atoms with Gasteiger partial charge >= 0.3 is 5.97 Å². The van der Waals surface area contributed by atoms with Crippen LogP contribution in [0.2, 0.25) is 0 Å². The van der Waals surface area contributed by atoms with Gasteiger partial charge < -0.3 is 10.2 Å². The SMILES string of the molecule is CC(=NNC(=O)c1ccc(C(=O)O)s1)c1csc(-c2ccc(C)c(C)c2)c1O. The summed E-state index contributed by atoms with van der Waals surface area (Å²) in [5.74, 6) is -1.46. The Bertz CT molecular complexity index is 1100. The lowest BCUT2D eigenvalue weighted by Gasteiger charge is -2.05. The predicted molar refractivity (Wildman–Crippen MR) is 112 cm³/mol. The first-order valence-electron chi connectivity index (χ1n) is 8.34. The molecular formula is C20H18N2O4S2. The van der Waals surface area contributed by atoms with Gasteiger partial charge in [0.15, 0.2) is 0 Å². The summed E-state index contributed by atoms with van der Waals surface area (Å²) in [6.07, 6.45) is 0. The van der Waals surface area contributed by atoms with Crippen LogP contribution in [0.15, 0.2) is 40.8 Å². The first-order chi connectivity index (χ1) is 13.3. The fraction of sp³-hybridized carbons (Fsp3) is 0.150. The fourth-order valence-electron chi connectivity index (χ4n) is 2.52. The van der Waals surface area contributed by atoms with Crippen molar-refractivity contribution >= 4 is 40.3 Å². The molecule has 0 radical (unpaired) electrons. The third-order valence-electron chi connectivity index (χ3n) is 4.29. The van der Waals surface area contributed by atoms with E-state index >= 15 is 0 Å². The summed E-state index contributed by atoms with van der Waals surface area (Å²) in [6.45, 7) is 5.74. The first-order valence-corrected chi connectivity index (χ1v) is 10.0. The second-order valence-corrected chi connectivity index (χ2v) is 8.20. The van der Waals surface area contributed by atoms with E-state index in [-0.39, 0.29) is 15.5 Å². The summed E-state index contributed by atoms with van der Waals surface area (Å²) < 4.78 is 0. The molecule has 0 saturated heterocycles. The number of aromatic carboxylic acids is 1. The zero-order valence-corrected chi connectivity index (χ0v) is 17.1. The molecule has 6 nitrogen and oxygen atoms in total. The van der Waals surface area contributed by atoms with Crippen LogP contribution in [0.1, 0.15) is 43.0 Å². The summed E-state index contributed by atoms with van der Waals surface area (Å²) >= 11 is 2.28. The highest BCUT2D eigenvalue weighted by atomic mass is 32.1. The third-order valence-corrected chi connectivity index (χ3v) is 6.38. The number of carbonyl (C=O) groups is 2. The molecule has 1 aromatic carbocycles. The van der Waals surface area contributed by atoms with Gasteiger partial charge in [-0.3, -0.25) is 4.79 Å². The number of aryl methyl sites for hydroxylation is 2. The van der Waals surface area contributed by atoms with E-state index in [0.717, 1.165) is 27.3 Å². The van der Waals surface area contributed by atoms with Gasteiger partial charge in [0.25, 0.3) is 5.91 Å². The number of nitrogens with one attached hydrogen (secondary N) is 1. The average Bonchev–Trinajstić information content (AvgIpc) is 3.29. The molecule has 3 N–H and O–H groups in total. The number of carbonyl (C=O) groups excluding carboxylic acids is 1. The van der Waals surface area contributed by atoms with Crippen LogP contribution in [0.4, 0.5) is 0 Å². The highest BCUT2D eigenvalue weighted by molar-refractivity contribution is 7.15. The van der Waals surface area contributed by atoms with Crippen molar-refractivity contribution in [1.29, 1.82) is 0 Å². The van der Waals surface area contributed by atoms with Crippen LogP contribution in [0.5, 0.6) is 5.75 Å². The smallest absolute Gasteiger partial charge is 0.345 e. The highest BCUT2D eigenvalue weighted by Crippen LogP contribution is 2.39. The molecule has 0 aliphatic heterocycles. The Morgan fingerprint density at radius 1 is 1.07 bits per heavy atom. The van der Waals surface area contributed by atoms with Gasteiger partial charge in [0.1, 0.15) is 10.6 Å². The van der Waals surface area contributed by atoms with Gasteiger partial charge in [-0.1, -0.05) is 18.2 Å². The molecule has 28 heavy (non-hydrogen) atoms. The number of amides is 1. The molecule has 3 aromatic rings. The molecule has 8 heteroatoms. The van der Waals surface area contributed by atoms with Crippen molar-refractivity contribution in [1.82, 2.24) is 5.43 Å². The van der Waals surface area contributed by atoms with Crippen LogP contribution in [0.3, 0.4) is 0 Å². The van der Waals surface area contributed by atoms with Crippen molar-refractivity contribution in [2.75, 3.05) is 0 Å². The number of hydrogen-bond donors (Lipinski definition) is 3. The van der Waals surface area contributed by atoms with E-state index in [1.165, 1.54) is 29.0 Å². The molecule has 0 fully saturated rings. The normalized spacial score (nSPS) is 11.5. The van der Waals surface area contributed by atoms with Gasteiger partial charge in [0.05, 0.1) is 21.0 Å². The summed E-state index contributed by atoms with van der Waals surface area (Å²) in [5, 5.41) is 25.4. The Kier molecular flexibility index (Phi) is 5.62. The van der Waals surface area contributed by atoms with Crippen molar-refractivity contribution in [3.05, 3.63) is 62.2 Å². The van der Waals surface area contributed by atoms with Crippen molar-refractivity contribution in [3.8, 4) is 16.2 Å². The minimum Gasteiger partial charge on any atom is -0.506 e. The molecular weight excluding hydrogens is 396 g/mol. The van der Waals surface area contributed by atoms with E-state index in [1.54, 1.807) is 12.3 Å². The number of aromatic hydroxyl groups is 1. The molecule has 0 spiro atoms. The Hall–Kier alpha value is -2.97. The van der Waals surface area contributed by atoms with Crippen LogP contribution < -0.4 is 5.43 Å². The van der Waals surface area contributed by atoms with Crippen LogP contribution in [0, 0.1) is 13.8 Å². The Morgan fingerprint density at radius 3 is 2.43 bits per heavy atom. The number of nitrogens with zero attached hydrogens (tertiary/aromatic N) is 1. The lowest BCUT2D eigenvalue weighted by molar-refractivity contribution is 0.0702. The van der Waals surface area contributed by atoms with Gasteiger partial charge in [-0.15, -0.1) is 22.7 Å². The number of carboxylic acids is 1. The maximum atomic E-state index is 12.1. The molecule has 2 aromatic heterocycles. The van der Waals surface area contributed by atoms with Crippen molar-refractivity contribution in [3.63, 3.8) is 0 Å². The number of hydrogen-bond acceptors (Lipinski definition) is 6. The monoisotopic (exact) mass is 414 g/mol. The number of thiophene rings is 2. The van der Waals surface area contributed by atoms with Crippen molar-refractivity contribution in [2.24, 2.45) is 5.10 Å². The fourth-order valence-corrected chi connectivity index (χ4v) is 4.26. The molecule has 2 heterocycles. The number of benzene rings is 1. The van der Waals surface area contributed by atoms with E-state index in [4.69, 9.17) is 5.11 Å². The summed E-state index contributed by atoms with van der Waals surface area (Å²) in [4.78, 5) is 24.1. The minimum atomic E-state index is -1.08. The third kappa shape index (κ3) is 3.97. The molecule has 144 valence electrons. The minimum absolute atomic E-state index is 0.0827. The Labute approximate surface area is 169 Å². The van der Waals surface area contributed by atoms with Crippen LogP contribution in [-0.2, 0) is 0 Å². The lowest BCUT2D eigenvalue weighted by atomic mass is 10.0. The topological polar surface area (TPSA) is 99.0 Å². The number of rotatable bonds is 5. The standard InChI is InChI=1S/C20H18N2O4S2/c1-10-4-5-13(8-11(10)2)18-17(23)14(9-27-18)12(3)21-22-19(24)15-6-7-16(28-15)20(25)26/h4-9,23H,1-3H3,(H,22,24)(H,25,26). The summed E-state index contributed by atoms with van der Waals surface area (Å²) in [5.41, 5.74) is 6.64. The maximum Gasteiger partial charge on any atom is 0.345 e. The highest BCUT2D eigenvalue weighted by Gasteiger charge is 2.16. The van der Waals surface area contributed by atoms with Crippen molar-refractivity contribution in [2.45, 2.75) is 20.8 Å². The molecule has 0 aliphatic carbocycles. The van der Waals surface area contributed by atoms with Gasteiger partial charge in [-0.25, -0.2) is 10.2 Å². The molecule has 0 aliphatic rings. The molecule has 0 unspecified atom stereocenters. The summed E-state index contributed by atoms with van der Waals surface area (Å²) in [6, 6.07) is 8.81. The van der Waals surface area contributed by atoms with Gasteiger partial charge in [0, 0.05) is 5.38 Å². The van der Waals surface area contributed by atoms with Gasteiger partial charge in [-0.2, -0.15) is 5.10 Å². The Morgan fingerprint density at radius 2 is 1.79 bits per heavy atom. The second-order valence-electron chi connectivity index (χ2n) is 6.23. The van der Waals surface area contributed by atoms with E-state index in [2.05, 4.69) is 10.5 Å². The molecule has 1 amide bonds. The van der Waals surface area contributed by atoms with E-state index in [0.29, 0.717) is 11.3 Å². The largest absolute Gasteiger partial charge is 0.506 e. The zero-order valence-electron chi connectivity index (χ0n) is 15.4. The lowest BCUT2D eigenvalue weighted by Crippen LogP contribution is -2.18. The molecule has 0 bridgehead atoms. The quantitative estimate of drug-likeness (QED) is 0.418. The average molecular weight is 415 g/mol. The second kappa shape index (κ2) is 7.95. The van der Waals surface area contributed by atoms with E-state index < -0.39 is 11.9 Å². The van der Waals surface area contributed by atoms with Gasteiger partial charge in [0.2, 0.25) is 0 Å². The number of hydrazone groups is 1.